The zero-order valence-electron chi connectivity index (χ0n) is 16.8. The predicted molar refractivity (Wildman–Crippen MR) is 110 cm³/mol. The molecule has 1 saturated heterocycles. The molecule has 29 heavy (non-hydrogen) atoms. The van der Waals surface area contributed by atoms with Crippen LogP contribution in [-0.2, 0) is 6.42 Å². The maximum atomic E-state index is 12.6. The summed E-state index contributed by atoms with van der Waals surface area (Å²) in [6.07, 6.45) is 0.543. The fourth-order valence-electron chi connectivity index (χ4n) is 3.41. The van der Waals surface area contributed by atoms with Gasteiger partial charge < -0.3 is 19.1 Å². The van der Waals surface area contributed by atoms with Crippen LogP contribution >= 0.6 is 0 Å². The van der Waals surface area contributed by atoms with E-state index in [1.165, 1.54) is 0 Å². The molecule has 1 aromatic heterocycles. The second kappa shape index (κ2) is 7.95. The molecule has 0 unspecified atom stereocenters. The monoisotopic (exact) mass is 392 g/mol. The molecule has 0 N–H and O–H groups in total. The molecule has 0 atom stereocenters. The Kier molecular flexibility index (Phi) is 5.20. The predicted octanol–water partition coefficient (Wildman–Crippen LogP) is 2.97. The minimum absolute atomic E-state index is 0.0281. The molecule has 2 heterocycles. The van der Waals surface area contributed by atoms with Crippen molar-refractivity contribution in [3.8, 4) is 5.75 Å². The van der Waals surface area contributed by atoms with Crippen molar-refractivity contribution in [1.29, 1.82) is 0 Å². The van der Waals surface area contributed by atoms with Crippen LogP contribution in [-0.4, -0.2) is 55.2 Å². The number of ether oxygens (including phenoxy) is 1. The molecule has 0 spiro atoms. The molecule has 0 radical (unpaired) electrons. The molecule has 0 saturated carbocycles. The van der Waals surface area contributed by atoms with Crippen LogP contribution in [0.1, 0.15) is 33.6 Å². The van der Waals surface area contributed by atoms with Gasteiger partial charge in [-0.2, -0.15) is 4.98 Å². The summed E-state index contributed by atoms with van der Waals surface area (Å²) in [7, 11) is 5.60. The van der Waals surface area contributed by atoms with Gasteiger partial charge >= 0.3 is 0 Å². The lowest BCUT2D eigenvalue weighted by atomic mass is 9.98. The van der Waals surface area contributed by atoms with E-state index in [0.29, 0.717) is 36.8 Å². The Morgan fingerprint density at radius 2 is 1.90 bits per heavy atom. The number of anilines is 1. The zero-order chi connectivity index (χ0) is 20.4. The summed E-state index contributed by atoms with van der Waals surface area (Å²) in [5, 5.41) is 4.09. The van der Waals surface area contributed by atoms with Crippen LogP contribution in [0.5, 0.6) is 5.75 Å². The number of methoxy groups -OCH3 is 1. The number of aromatic nitrogens is 2. The number of likely N-dealkylation sites (tertiary alicyclic amines) is 1. The highest BCUT2D eigenvalue weighted by atomic mass is 16.5. The van der Waals surface area contributed by atoms with Gasteiger partial charge in [0.25, 0.3) is 5.91 Å². The number of carbonyl (C=O) groups excluding carboxylic acids is 1. The minimum Gasteiger partial charge on any atom is -0.496 e. The molecule has 7 heteroatoms. The van der Waals surface area contributed by atoms with Crippen LogP contribution in [0.25, 0.3) is 0 Å². The van der Waals surface area contributed by atoms with Gasteiger partial charge in [-0.25, -0.2) is 0 Å². The van der Waals surface area contributed by atoms with Gasteiger partial charge in [0.2, 0.25) is 5.89 Å². The van der Waals surface area contributed by atoms with E-state index in [-0.39, 0.29) is 11.8 Å². The van der Waals surface area contributed by atoms with Gasteiger partial charge in [0, 0.05) is 50.4 Å². The molecule has 1 amide bonds. The fraction of sp³-hybridized carbons (Fsp3) is 0.318. The largest absolute Gasteiger partial charge is 0.496 e. The lowest BCUT2D eigenvalue weighted by molar-refractivity contribution is 0.0569. The van der Waals surface area contributed by atoms with Crippen molar-refractivity contribution in [3.63, 3.8) is 0 Å². The Morgan fingerprint density at radius 1 is 1.17 bits per heavy atom. The first kappa shape index (κ1) is 19.0. The molecule has 1 aliphatic heterocycles. The number of hydrogen-bond donors (Lipinski definition) is 0. The van der Waals surface area contributed by atoms with Crippen molar-refractivity contribution in [2.24, 2.45) is 0 Å². The van der Waals surface area contributed by atoms with Gasteiger partial charge in [-0.05, 0) is 30.3 Å². The van der Waals surface area contributed by atoms with Gasteiger partial charge in [0.1, 0.15) is 5.75 Å². The number of amides is 1. The topological polar surface area (TPSA) is 71.7 Å². The van der Waals surface area contributed by atoms with Gasteiger partial charge in [-0.1, -0.05) is 23.4 Å². The lowest BCUT2D eigenvalue weighted by Gasteiger charge is -2.37. The lowest BCUT2D eigenvalue weighted by Crippen LogP contribution is -2.48. The van der Waals surface area contributed by atoms with Crippen molar-refractivity contribution in [2.45, 2.75) is 12.3 Å². The van der Waals surface area contributed by atoms with Gasteiger partial charge in [0.15, 0.2) is 5.82 Å². The quantitative estimate of drug-likeness (QED) is 0.642. The van der Waals surface area contributed by atoms with Crippen LogP contribution in [0.15, 0.2) is 53.1 Å². The van der Waals surface area contributed by atoms with E-state index in [9.17, 15) is 4.79 Å². The third-order valence-electron chi connectivity index (χ3n) is 5.17. The van der Waals surface area contributed by atoms with E-state index < -0.39 is 0 Å². The molecule has 150 valence electrons. The van der Waals surface area contributed by atoms with E-state index in [2.05, 4.69) is 10.1 Å². The molecular formula is C22H24N4O3. The third-order valence-corrected chi connectivity index (χ3v) is 5.17. The number of para-hydroxylation sites is 1. The highest BCUT2D eigenvalue weighted by Gasteiger charge is 2.36. The standard InChI is InChI=1S/C22H24N4O3/c1-25(2)18-10-8-15(9-11-18)22(27)26-13-17(14-26)21-23-20(24-29-21)12-16-6-4-5-7-19(16)28-3/h4-11,17H,12-14H2,1-3H3. The fourth-order valence-corrected chi connectivity index (χ4v) is 3.41. The zero-order valence-corrected chi connectivity index (χ0v) is 16.8. The molecule has 7 nitrogen and oxygen atoms in total. The Labute approximate surface area is 169 Å². The van der Waals surface area contributed by atoms with Gasteiger partial charge in [-0.15, -0.1) is 0 Å². The van der Waals surface area contributed by atoms with Crippen LogP contribution in [0.3, 0.4) is 0 Å². The first-order valence-electron chi connectivity index (χ1n) is 9.56. The molecular weight excluding hydrogens is 368 g/mol. The second-order valence-corrected chi connectivity index (χ2v) is 7.39. The molecule has 0 bridgehead atoms. The maximum absolute atomic E-state index is 12.6. The summed E-state index contributed by atoms with van der Waals surface area (Å²) in [5.74, 6) is 2.12. The Hall–Kier alpha value is -3.35. The van der Waals surface area contributed by atoms with Crippen molar-refractivity contribution in [3.05, 3.63) is 71.4 Å². The number of carbonyl (C=O) groups is 1. The highest BCUT2D eigenvalue weighted by molar-refractivity contribution is 5.95. The normalized spacial score (nSPS) is 13.8. The van der Waals surface area contributed by atoms with Crippen molar-refractivity contribution < 1.29 is 14.1 Å². The van der Waals surface area contributed by atoms with Crippen molar-refractivity contribution >= 4 is 11.6 Å². The minimum atomic E-state index is 0.0281. The number of nitrogens with zero attached hydrogens (tertiary/aromatic N) is 4. The van der Waals surface area contributed by atoms with Gasteiger partial charge in [-0.3, -0.25) is 4.79 Å². The Bertz CT molecular complexity index is 991. The van der Waals surface area contributed by atoms with Crippen LogP contribution in [0, 0.1) is 0 Å². The van der Waals surface area contributed by atoms with Crippen LogP contribution in [0.4, 0.5) is 5.69 Å². The number of benzene rings is 2. The van der Waals surface area contributed by atoms with E-state index in [0.717, 1.165) is 17.0 Å². The highest BCUT2D eigenvalue weighted by Crippen LogP contribution is 2.28. The first-order valence-corrected chi connectivity index (χ1v) is 9.56. The third kappa shape index (κ3) is 3.94. The van der Waals surface area contributed by atoms with E-state index in [4.69, 9.17) is 9.26 Å². The Balaban J connectivity index is 1.36. The average molecular weight is 392 g/mol. The molecule has 0 aliphatic carbocycles. The molecule has 4 rings (SSSR count). The smallest absolute Gasteiger partial charge is 0.253 e. The summed E-state index contributed by atoms with van der Waals surface area (Å²) in [6, 6.07) is 15.4. The number of rotatable bonds is 6. The maximum Gasteiger partial charge on any atom is 0.253 e. The summed E-state index contributed by atoms with van der Waals surface area (Å²) in [4.78, 5) is 21.0. The molecule has 2 aromatic carbocycles. The first-order chi connectivity index (χ1) is 14.0. The average Bonchev–Trinajstić information content (AvgIpc) is 3.15. The summed E-state index contributed by atoms with van der Waals surface area (Å²) in [6.45, 7) is 1.18. The van der Waals surface area contributed by atoms with Crippen LogP contribution < -0.4 is 9.64 Å². The SMILES string of the molecule is COc1ccccc1Cc1noc(C2CN(C(=O)c3ccc(N(C)C)cc3)C2)n1. The van der Waals surface area contributed by atoms with E-state index in [1.54, 1.807) is 12.0 Å². The van der Waals surface area contributed by atoms with E-state index in [1.807, 2.05) is 67.5 Å². The molecule has 1 aliphatic rings. The van der Waals surface area contributed by atoms with E-state index >= 15 is 0 Å². The van der Waals surface area contributed by atoms with Crippen molar-refractivity contribution in [2.75, 3.05) is 39.2 Å². The molecule has 1 fully saturated rings. The Morgan fingerprint density at radius 3 is 2.59 bits per heavy atom. The molecule has 3 aromatic rings. The van der Waals surface area contributed by atoms with Gasteiger partial charge in [0.05, 0.1) is 13.0 Å². The summed E-state index contributed by atoms with van der Waals surface area (Å²) in [5.41, 5.74) is 2.77. The second-order valence-electron chi connectivity index (χ2n) is 7.39. The summed E-state index contributed by atoms with van der Waals surface area (Å²) < 4.78 is 10.8. The van der Waals surface area contributed by atoms with Crippen molar-refractivity contribution in [1.82, 2.24) is 15.0 Å². The number of hydrogen-bond acceptors (Lipinski definition) is 6. The summed E-state index contributed by atoms with van der Waals surface area (Å²) >= 11 is 0. The van der Waals surface area contributed by atoms with Crippen LogP contribution in [0.2, 0.25) is 0 Å².